The average molecular weight is 1090 g/mol. The standard InChI is InChI=1S/C81H51NOS/c1-3-23-53(24-4-1)79(54-25-5-2-6-26-54)63-32-11-8-28-60(63)77-57(30-21-38-69(77)79)52-45-47-55(48-46-52)82(56-49-50-59-58-27-7-10-31-62(58)80(71(59)51-56)65-34-13-17-41-73(65)83-74-42-18-14-35-66(74)80)72-40-22-39-70-78(72)61-29-9-12-33-64(61)81(70)67-36-15-19-43-75(67)84-76-44-20-16-37-68(76)81/h1-51H. The number of hydrogen-bond donors (Lipinski definition) is 0. The van der Waals surface area contributed by atoms with E-state index in [-0.39, 0.29) is 0 Å². The molecule has 0 radical (unpaired) electrons. The fourth-order valence-corrected chi connectivity index (χ4v) is 17.2. The number of nitrogens with zero attached hydrogens (tertiary/aromatic N) is 1. The molecule has 0 amide bonds. The van der Waals surface area contributed by atoms with Gasteiger partial charge in [0.25, 0.3) is 0 Å². The molecule has 84 heavy (non-hydrogen) atoms. The Kier molecular flexibility index (Phi) is 10.1. The molecule has 2 aliphatic heterocycles. The lowest BCUT2D eigenvalue weighted by atomic mass is 9.66. The van der Waals surface area contributed by atoms with Gasteiger partial charge in [0.05, 0.1) is 21.9 Å². The second-order valence-electron chi connectivity index (χ2n) is 22.8. The first-order chi connectivity index (χ1) is 41.7. The number of anilines is 3. The number of rotatable bonds is 6. The zero-order chi connectivity index (χ0) is 55.1. The Morgan fingerprint density at radius 3 is 1.30 bits per heavy atom. The van der Waals surface area contributed by atoms with Gasteiger partial charge in [0.1, 0.15) is 11.5 Å². The monoisotopic (exact) mass is 1090 g/mol. The second-order valence-corrected chi connectivity index (χ2v) is 23.9. The van der Waals surface area contributed by atoms with Gasteiger partial charge in [0.2, 0.25) is 0 Å². The molecule has 0 saturated heterocycles. The van der Waals surface area contributed by atoms with E-state index >= 15 is 0 Å². The minimum atomic E-state index is -0.649. The van der Waals surface area contributed by atoms with Gasteiger partial charge in [-0.3, -0.25) is 0 Å². The van der Waals surface area contributed by atoms with E-state index in [2.05, 4.69) is 314 Å². The summed E-state index contributed by atoms with van der Waals surface area (Å²) in [7, 11) is 0. The van der Waals surface area contributed by atoms with Crippen LogP contribution in [0.5, 0.6) is 11.5 Å². The molecule has 2 heterocycles. The maximum Gasteiger partial charge on any atom is 0.132 e. The number of fused-ring (bicyclic) bond motifs is 21. The van der Waals surface area contributed by atoms with Crippen molar-refractivity contribution in [3.05, 3.63) is 376 Å². The molecule has 0 aromatic heterocycles. The van der Waals surface area contributed by atoms with Gasteiger partial charge in [0.15, 0.2) is 0 Å². The summed E-state index contributed by atoms with van der Waals surface area (Å²) in [5, 5.41) is 0. The van der Waals surface area contributed by atoms with E-state index in [0.29, 0.717) is 0 Å². The maximum absolute atomic E-state index is 6.84. The van der Waals surface area contributed by atoms with E-state index in [0.717, 1.165) is 45.3 Å². The van der Waals surface area contributed by atoms with Crippen molar-refractivity contribution in [2.45, 2.75) is 26.0 Å². The lowest BCUT2D eigenvalue weighted by Gasteiger charge is -2.40. The van der Waals surface area contributed by atoms with Gasteiger partial charge in [-0.05, 0) is 149 Å². The van der Waals surface area contributed by atoms with E-state index in [1.54, 1.807) is 0 Å². The van der Waals surface area contributed by atoms with Crippen molar-refractivity contribution in [3.8, 4) is 56.0 Å². The molecule has 0 N–H and O–H groups in total. The molecule has 0 fully saturated rings. The highest BCUT2D eigenvalue weighted by molar-refractivity contribution is 7.99. The molecule has 13 aromatic rings. The Morgan fingerprint density at radius 2 is 0.679 bits per heavy atom. The van der Waals surface area contributed by atoms with Gasteiger partial charge in [-0.25, -0.2) is 0 Å². The van der Waals surface area contributed by atoms with Crippen LogP contribution < -0.4 is 9.64 Å². The average Bonchev–Trinajstić information content (AvgIpc) is 1.62. The van der Waals surface area contributed by atoms with Gasteiger partial charge >= 0.3 is 0 Å². The van der Waals surface area contributed by atoms with Gasteiger partial charge < -0.3 is 9.64 Å². The summed E-state index contributed by atoms with van der Waals surface area (Å²) < 4.78 is 6.84. The van der Waals surface area contributed by atoms with Gasteiger partial charge in [0, 0.05) is 37.9 Å². The van der Waals surface area contributed by atoms with Crippen LogP contribution in [0.1, 0.15) is 66.8 Å². The zero-order valence-electron chi connectivity index (χ0n) is 45.7. The first kappa shape index (κ1) is 47.4. The number of benzene rings is 13. The Hall–Kier alpha value is -10.2. The van der Waals surface area contributed by atoms with E-state index in [1.807, 2.05) is 11.8 Å². The summed E-state index contributed by atoms with van der Waals surface area (Å²) in [6.07, 6.45) is 0. The minimum Gasteiger partial charge on any atom is -0.457 e. The third-order valence-electron chi connectivity index (χ3n) is 19.1. The smallest absolute Gasteiger partial charge is 0.132 e. The second kappa shape index (κ2) is 17.9. The Balaban J connectivity index is 0.890. The van der Waals surface area contributed by atoms with Crippen molar-refractivity contribution in [3.63, 3.8) is 0 Å². The molecular formula is C81H51NOS. The highest BCUT2D eigenvalue weighted by atomic mass is 32.2. The Labute approximate surface area is 493 Å². The largest absolute Gasteiger partial charge is 0.457 e. The topological polar surface area (TPSA) is 12.5 Å². The van der Waals surface area contributed by atoms with Crippen molar-refractivity contribution in [2.75, 3.05) is 4.90 Å². The SMILES string of the molecule is c1ccc(C2(c3ccccc3)c3ccccc3-c3c(-c4ccc(N(c5ccc6c(c5)C5(c7ccccc7Oc7ccccc75)c5ccccc5-6)c5cccc6c5-c5ccccc5C65c6ccccc6Sc6ccccc65)cc4)cccc32)cc1. The molecule has 0 unspecified atom stereocenters. The highest BCUT2D eigenvalue weighted by Gasteiger charge is 2.54. The van der Waals surface area contributed by atoms with Gasteiger partial charge in [-0.15, -0.1) is 0 Å². The summed E-state index contributed by atoms with van der Waals surface area (Å²) in [5.41, 5.74) is 26.6. The van der Waals surface area contributed by atoms with Crippen LogP contribution in [0.3, 0.4) is 0 Å². The van der Waals surface area contributed by atoms with Crippen LogP contribution in [-0.4, -0.2) is 0 Å². The molecule has 13 aromatic carbocycles. The van der Waals surface area contributed by atoms with Crippen molar-refractivity contribution >= 4 is 28.8 Å². The molecule has 0 saturated carbocycles. The molecule has 0 atom stereocenters. The first-order valence-corrected chi connectivity index (χ1v) is 30.0. The normalized spacial score (nSPS) is 14.8. The summed E-state index contributed by atoms with van der Waals surface area (Å²) in [5.74, 6) is 1.76. The Bertz CT molecular complexity index is 4740. The third-order valence-corrected chi connectivity index (χ3v) is 20.2. The van der Waals surface area contributed by atoms with Crippen LogP contribution in [0.2, 0.25) is 0 Å². The van der Waals surface area contributed by atoms with E-state index < -0.39 is 16.2 Å². The van der Waals surface area contributed by atoms with E-state index in [4.69, 9.17) is 4.74 Å². The van der Waals surface area contributed by atoms with Crippen molar-refractivity contribution in [1.82, 2.24) is 0 Å². The fourth-order valence-electron chi connectivity index (χ4n) is 16.0. The van der Waals surface area contributed by atoms with E-state index in [9.17, 15) is 0 Å². The van der Waals surface area contributed by atoms with Crippen LogP contribution >= 0.6 is 11.8 Å². The molecular weight excluding hydrogens is 1030 g/mol. The minimum absolute atomic E-state index is 0.503. The summed E-state index contributed by atoms with van der Waals surface area (Å²) in [6, 6.07) is 116. The molecule has 392 valence electrons. The molecule has 18 rings (SSSR count). The molecule has 3 heteroatoms. The van der Waals surface area contributed by atoms with Crippen molar-refractivity contribution < 1.29 is 4.74 Å². The quantitative estimate of drug-likeness (QED) is 0.165. The van der Waals surface area contributed by atoms with Crippen LogP contribution in [0, 0.1) is 0 Å². The third kappa shape index (κ3) is 6.16. The lowest BCUT2D eigenvalue weighted by molar-refractivity contribution is 0.436. The fraction of sp³-hybridized carbons (Fsp3) is 0.0370. The predicted molar refractivity (Wildman–Crippen MR) is 343 cm³/mol. The first-order valence-electron chi connectivity index (χ1n) is 29.1. The van der Waals surface area contributed by atoms with Crippen molar-refractivity contribution in [1.29, 1.82) is 0 Å². The number of ether oxygens (including phenoxy) is 1. The summed E-state index contributed by atoms with van der Waals surface area (Å²) >= 11 is 1.89. The Morgan fingerprint density at radius 1 is 0.262 bits per heavy atom. The summed E-state index contributed by atoms with van der Waals surface area (Å²) in [4.78, 5) is 5.14. The molecule has 3 aliphatic carbocycles. The van der Waals surface area contributed by atoms with Crippen LogP contribution in [0.25, 0.3) is 44.5 Å². The summed E-state index contributed by atoms with van der Waals surface area (Å²) in [6.45, 7) is 0. The van der Waals surface area contributed by atoms with Gasteiger partial charge in [-0.2, -0.15) is 0 Å². The lowest BCUT2D eigenvalue weighted by Crippen LogP contribution is -2.32. The molecule has 2 spiro atoms. The number of para-hydroxylation sites is 2. The number of hydrogen-bond acceptors (Lipinski definition) is 3. The molecule has 0 bridgehead atoms. The van der Waals surface area contributed by atoms with Crippen LogP contribution in [-0.2, 0) is 16.2 Å². The van der Waals surface area contributed by atoms with Crippen molar-refractivity contribution in [2.24, 2.45) is 0 Å². The highest BCUT2D eigenvalue weighted by Crippen LogP contribution is 2.67. The van der Waals surface area contributed by atoms with Gasteiger partial charge in [-0.1, -0.05) is 267 Å². The van der Waals surface area contributed by atoms with E-state index in [1.165, 1.54) is 104 Å². The molecule has 5 aliphatic rings. The zero-order valence-corrected chi connectivity index (χ0v) is 46.5. The molecule has 2 nitrogen and oxygen atoms in total. The van der Waals surface area contributed by atoms with Crippen LogP contribution in [0.15, 0.2) is 319 Å². The predicted octanol–water partition coefficient (Wildman–Crippen LogP) is 20.5. The maximum atomic E-state index is 6.84. The van der Waals surface area contributed by atoms with Crippen LogP contribution in [0.4, 0.5) is 17.1 Å².